The Bertz CT molecular complexity index is 2040. The number of aliphatic hydroxyl groups is 1. The van der Waals surface area contributed by atoms with Gasteiger partial charge in [0, 0.05) is 25.7 Å². The molecule has 2 unspecified atom stereocenters. The van der Waals surface area contributed by atoms with Crippen molar-refractivity contribution in [2.75, 3.05) is 39.6 Å². The largest absolute Gasteiger partial charge is 0.472 e. The first-order chi connectivity index (χ1) is 51.2. The molecule has 630 valence electrons. The molecule has 0 aromatic rings. The van der Waals surface area contributed by atoms with Crippen LogP contribution in [0.1, 0.15) is 459 Å². The minimum Gasteiger partial charge on any atom is -0.462 e. The zero-order valence-electron chi connectivity index (χ0n) is 69.9. The van der Waals surface area contributed by atoms with Gasteiger partial charge in [-0.05, 0) is 43.4 Å². The second-order valence-corrected chi connectivity index (χ2v) is 35.6. The molecule has 0 radical (unpaired) electrons. The van der Waals surface area contributed by atoms with Gasteiger partial charge in [-0.2, -0.15) is 0 Å². The van der Waals surface area contributed by atoms with Gasteiger partial charge in [0.2, 0.25) is 0 Å². The quantitative estimate of drug-likeness (QED) is 0.0222. The molecule has 0 rings (SSSR count). The van der Waals surface area contributed by atoms with E-state index in [0.717, 1.165) is 108 Å². The Morgan fingerprint density at radius 3 is 0.642 bits per heavy atom. The number of aliphatic hydroxyl groups excluding tert-OH is 1. The lowest BCUT2D eigenvalue weighted by Gasteiger charge is -2.21. The highest BCUT2D eigenvalue weighted by atomic mass is 31.2. The van der Waals surface area contributed by atoms with Gasteiger partial charge in [-0.25, -0.2) is 9.13 Å². The Hall–Kier alpha value is -1.94. The number of rotatable bonds is 85. The molecule has 0 amide bonds. The number of carbonyl (C=O) groups excluding carboxylic acids is 4. The van der Waals surface area contributed by atoms with Crippen LogP contribution in [0.25, 0.3) is 0 Å². The van der Waals surface area contributed by atoms with E-state index < -0.39 is 97.5 Å². The lowest BCUT2D eigenvalue weighted by molar-refractivity contribution is -0.161. The van der Waals surface area contributed by atoms with Crippen molar-refractivity contribution in [1.82, 2.24) is 0 Å². The molecule has 0 spiro atoms. The zero-order valence-corrected chi connectivity index (χ0v) is 71.7. The number of phosphoric ester groups is 2. The molecule has 0 fully saturated rings. The third-order valence-electron chi connectivity index (χ3n) is 20.4. The highest BCUT2D eigenvalue weighted by Crippen LogP contribution is 2.45. The van der Waals surface area contributed by atoms with Gasteiger partial charge >= 0.3 is 39.5 Å². The number of carbonyl (C=O) groups is 4. The molecule has 0 aliphatic carbocycles. The predicted octanol–water partition coefficient (Wildman–Crippen LogP) is 26.5. The van der Waals surface area contributed by atoms with Crippen molar-refractivity contribution >= 4 is 39.5 Å². The fourth-order valence-corrected chi connectivity index (χ4v) is 15.1. The first-order valence-corrected chi connectivity index (χ1v) is 47.8. The Morgan fingerprint density at radius 2 is 0.434 bits per heavy atom. The Balaban J connectivity index is 5.27. The van der Waals surface area contributed by atoms with Crippen molar-refractivity contribution in [3.05, 3.63) is 0 Å². The van der Waals surface area contributed by atoms with Crippen LogP contribution in [0.15, 0.2) is 0 Å². The van der Waals surface area contributed by atoms with E-state index in [2.05, 4.69) is 48.5 Å². The fraction of sp³-hybridized carbons (Fsp3) is 0.954. The van der Waals surface area contributed by atoms with Crippen molar-refractivity contribution in [3.8, 4) is 0 Å². The van der Waals surface area contributed by atoms with E-state index in [1.54, 1.807) is 0 Å². The second-order valence-electron chi connectivity index (χ2n) is 32.7. The van der Waals surface area contributed by atoms with Crippen molar-refractivity contribution in [1.29, 1.82) is 0 Å². The molecular formula is C87H170O17P2. The summed E-state index contributed by atoms with van der Waals surface area (Å²) in [6, 6.07) is 0. The van der Waals surface area contributed by atoms with E-state index in [9.17, 15) is 43.2 Å². The molecule has 106 heavy (non-hydrogen) atoms. The van der Waals surface area contributed by atoms with E-state index >= 15 is 0 Å². The predicted molar refractivity (Wildman–Crippen MR) is 437 cm³/mol. The summed E-state index contributed by atoms with van der Waals surface area (Å²) in [5.74, 6) is 0.302. The fourth-order valence-electron chi connectivity index (χ4n) is 13.5. The lowest BCUT2D eigenvalue weighted by atomic mass is 10.0. The van der Waals surface area contributed by atoms with Gasteiger partial charge in [-0.1, -0.05) is 408 Å². The number of unbranched alkanes of at least 4 members (excludes halogenated alkanes) is 53. The molecule has 5 atom stereocenters. The molecule has 19 heteroatoms. The number of hydrogen-bond acceptors (Lipinski definition) is 15. The lowest BCUT2D eigenvalue weighted by Crippen LogP contribution is -2.30. The molecule has 17 nitrogen and oxygen atoms in total. The van der Waals surface area contributed by atoms with Crippen molar-refractivity contribution in [2.45, 2.75) is 478 Å². The van der Waals surface area contributed by atoms with E-state index in [1.165, 1.54) is 270 Å². The molecule has 0 aromatic carbocycles. The monoisotopic (exact) mass is 1550 g/mol. The van der Waals surface area contributed by atoms with E-state index in [1.807, 2.05) is 0 Å². The molecule has 0 bridgehead atoms. The second kappa shape index (κ2) is 77.0. The summed E-state index contributed by atoms with van der Waals surface area (Å²) in [6.45, 7) is 12.1. The van der Waals surface area contributed by atoms with Gasteiger partial charge in [0.25, 0.3) is 0 Å². The molecular weight excluding hydrogens is 1380 g/mol. The summed E-state index contributed by atoms with van der Waals surface area (Å²) < 4.78 is 69.0. The van der Waals surface area contributed by atoms with Gasteiger partial charge in [-0.15, -0.1) is 0 Å². The average Bonchev–Trinajstić information content (AvgIpc) is 0.900. The molecule has 0 saturated carbocycles. The van der Waals surface area contributed by atoms with Gasteiger partial charge in [-0.3, -0.25) is 37.3 Å². The summed E-state index contributed by atoms with van der Waals surface area (Å²) in [6.07, 6.45) is 67.9. The van der Waals surface area contributed by atoms with E-state index in [0.29, 0.717) is 25.7 Å². The van der Waals surface area contributed by atoms with Crippen LogP contribution in [0.2, 0.25) is 0 Å². The Kier molecular flexibility index (Phi) is 75.6. The molecule has 0 heterocycles. The Morgan fingerprint density at radius 1 is 0.255 bits per heavy atom. The van der Waals surface area contributed by atoms with Gasteiger partial charge in [0.05, 0.1) is 26.4 Å². The highest BCUT2D eigenvalue weighted by Gasteiger charge is 2.30. The van der Waals surface area contributed by atoms with Crippen LogP contribution in [0.3, 0.4) is 0 Å². The number of phosphoric acid groups is 2. The first kappa shape index (κ1) is 104. The standard InChI is InChI=1S/C87H170O17P2/c1-8-9-10-11-12-13-14-23-33-40-47-54-61-68-84(89)97-74-82(104-87(92)71-64-57-50-43-36-29-22-26-32-39-46-53-60-67-80(6)7)76-101-105(93,94)99-72-81(88)73-100-106(95,96)102-77-83(75-98-85(90)69-62-55-48-41-34-27-21-17-19-25-31-38-45-52-59-66-79(4)5)103-86(91)70-63-56-49-42-35-28-20-16-15-18-24-30-37-44-51-58-65-78(2)3/h78-83,88H,8-77H2,1-7H3,(H,93,94)(H,95,96)/t81-,82+,83+/m0/s1. The summed E-state index contributed by atoms with van der Waals surface area (Å²) in [4.78, 5) is 73.3. The molecule has 0 aromatic heterocycles. The van der Waals surface area contributed by atoms with Crippen LogP contribution in [-0.4, -0.2) is 96.7 Å². The molecule has 3 N–H and O–H groups in total. The summed E-state index contributed by atoms with van der Waals surface area (Å²) >= 11 is 0. The third-order valence-corrected chi connectivity index (χ3v) is 22.3. The first-order valence-electron chi connectivity index (χ1n) is 44.8. The van der Waals surface area contributed by atoms with Crippen LogP contribution in [0.5, 0.6) is 0 Å². The average molecular weight is 1550 g/mol. The number of ether oxygens (including phenoxy) is 4. The zero-order chi connectivity index (χ0) is 77.9. The molecule has 0 aliphatic rings. The maximum atomic E-state index is 13.2. The van der Waals surface area contributed by atoms with E-state index in [4.69, 9.17) is 37.0 Å². The smallest absolute Gasteiger partial charge is 0.462 e. The van der Waals surface area contributed by atoms with Crippen molar-refractivity contribution < 1.29 is 80.2 Å². The summed E-state index contributed by atoms with van der Waals surface area (Å²) in [5.41, 5.74) is 0. The minimum absolute atomic E-state index is 0.108. The summed E-state index contributed by atoms with van der Waals surface area (Å²) in [7, 11) is -9.93. The Labute approximate surface area is 651 Å². The van der Waals surface area contributed by atoms with Crippen LogP contribution in [0.4, 0.5) is 0 Å². The van der Waals surface area contributed by atoms with Crippen molar-refractivity contribution in [3.63, 3.8) is 0 Å². The number of hydrogen-bond donors (Lipinski definition) is 3. The maximum Gasteiger partial charge on any atom is 0.472 e. The molecule has 0 saturated heterocycles. The van der Waals surface area contributed by atoms with Gasteiger partial charge in [0.1, 0.15) is 19.3 Å². The van der Waals surface area contributed by atoms with Gasteiger partial charge in [0.15, 0.2) is 12.2 Å². The van der Waals surface area contributed by atoms with Gasteiger partial charge < -0.3 is 33.8 Å². The maximum absolute atomic E-state index is 13.2. The summed E-state index contributed by atoms with van der Waals surface area (Å²) in [5, 5.41) is 10.7. The van der Waals surface area contributed by atoms with E-state index in [-0.39, 0.29) is 25.7 Å². The number of esters is 4. The highest BCUT2D eigenvalue weighted by molar-refractivity contribution is 7.47. The third kappa shape index (κ3) is 80.1. The van der Waals surface area contributed by atoms with Crippen LogP contribution < -0.4 is 0 Å². The van der Waals surface area contributed by atoms with Crippen LogP contribution in [-0.2, 0) is 65.4 Å². The minimum atomic E-state index is -4.97. The van der Waals surface area contributed by atoms with Crippen LogP contribution >= 0.6 is 15.6 Å². The molecule has 0 aliphatic heterocycles. The SMILES string of the molecule is CCCCCCCCCCCCCCCC(=O)OC[C@H](COP(=O)(O)OC[C@H](O)COP(=O)(O)OC[C@@H](COC(=O)CCCCCCCCCCCCCCCCCC(C)C)OC(=O)CCCCCCCCCCCCCCCCCCC(C)C)OC(=O)CCCCCCCCCCCCCCCC(C)C. The topological polar surface area (TPSA) is 237 Å². The van der Waals surface area contributed by atoms with Crippen molar-refractivity contribution in [2.24, 2.45) is 17.8 Å². The normalized spacial score (nSPS) is 13.9. The van der Waals surface area contributed by atoms with Crippen LogP contribution in [0, 0.1) is 17.8 Å².